The van der Waals surface area contributed by atoms with Crippen molar-refractivity contribution in [2.45, 2.75) is 57.9 Å². The summed E-state index contributed by atoms with van der Waals surface area (Å²) in [6.07, 6.45) is 8.85. The molecule has 4 nitrogen and oxygen atoms in total. The Labute approximate surface area is 144 Å². The fraction of sp³-hybridized carbons (Fsp3) is 0.556. The summed E-state index contributed by atoms with van der Waals surface area (Å²) in [5.74, 6) is -0.329. The number of methoxy groups -OCH3 is 1. The van der Waals surface area contributed by atoms with Crippen molar-refractivity contribution in [2.24, 2.45) is 0 Å². The van der Waals surface area contributed by atoms with Gasteiger partial charge in [0.1, 0.15) is 0 Å². The van der Waals surface area contributed by atoms with Crippen LogP contribution < -0.4 is 10.6 Å². The van der Waals surface area contributed by atoms with Crippen molar-refractivity contribution in [2.75, 3.05) is 12.4 Å². The standard InChI is InChI=1S/C18H26N2O2S/c1-13-15(17(21)22-2)11-8-12-16(13)20-18(23)19-14-9-6-4-3-5-7-10-14/h8,11-12,14H,3-7,9-10H2,1-2H3,(H2,19,20,23). The maximum Gasteiger partial charge on any atom is 0.338 e. The van der Waals surface area contributed by atoms with Crippen LogP contribution in [0.2, 0.25) is 0 Å². The first kappa shape index (κ1) is 17.7. The van der Waals surface area contributed by atoms with Crippen LogP contribution in [0, 0.1) is 6.92 Å². The molecule has 2 N–H and O–H groups in total. The highest BCUT2D eigenvalue weighted by molar-refractivity contribution is 7.80. The largest absolute Gasteiger partial charge is 0.465 e. The molecule has 23 heavy (non-hydrogen) atoms. The lowest BCUT2D eigenvalue weighted by Gasteiger charge is -2.23. The number of esters is 1. The van der Waals surface area contributed by atoms with E-state index in [1.807, 2.05) is 19.1 Å². The van der Waals surface area contributed by atoms with E-state index in [2.05, 4.69) is 10.6 Å². The summed E-state index contributed by atoms with van der Waals surface area (Å²) in [6, 6.07) is 5.96. The molecule has 0 atom stereocenters. The minimum absolute atomic E-state index is 0.329. The molecule has 126 valence electrons. The Hall–Kier alpha value is -1.62. The summed E-state index contributed by atoms with van der Waals surface area (Å²) in [5, 5.41) is 7.28. The van der Waals surface area contributed by atoms with E-state index >= 15 is 0 Å². The lowest BCUT2D eigenvalue weighted by Crippen LogP contribution is -2.38. The lowest BCUT2D eigenvalue weighted by molar-refractivity contribution is 0.0600. The summed E-state index contributed by atoms with van der Waals surface area (Å²) >= 11 is 5.45. The molecule has 0 bridgehead atoms. The zero-order valence-electron chi connectivity index (χ0n) is 14.0. The number of hydrogen-bond acceptors (Lipinski definition) is 3. The van der Waals surface area contributed by atoms with Crippen LogP contribution in [0.15, 0.2) is 18.2 Å². The van der Waals surface area contributed by atoms with Gasteiger partial charge in [-0.2, -0.15) is 0 Å². The van der Waals surface area contributed by atoms with Crippen molar-refractivity contribution in [1.82, 2.24) is 5.32 Å². The van der Waals surface area contributed by atoms with Crippen molar-refractivity contribution in [1.29, 1.82) is 0 Å². The third-order valence-corrected chi connectivity index (χ3v) is 4.65. The maximum absolute atomic E-state index is 11.8. The van der Waals surface area contributed by atoms with Crippen molar-refractivity contribution < 1.29 is 9.53 Å². The number of rotatable bonds is 3. The van der Waals surface area contributed by atoms with Gasteiger partial charge in [0.05, 0.1) is 12.7 Å². The van der Waals surface area contributed by atoms with Gasteiger partial charge in [-0.1, -0.05) is 38.2 Å². The van der Waals surface area contributed by atoms with Crippen LogP contribution in [0.25, 0.3) is 0 Å². The quantitative estimate of drug-likeness (QED) is 0.641. The second-order valence-electron chi connectivity index (χ2n) is 6.11. The van der Waals surface area contributed by atoms with Crippen LogP contribution in [0.3, 0.4) is 0 Å². The second kappa shape index (κ2) is 8.87. The van der Waals surface area contributed by atoms with Crippen LogP contribution in [0.4, 0.5) is 5.69 Å². The van der Waals surface area contributed by atoms with E-state index in [1.165, 1.54) is 52.1 Å². The highest BCUT2D eigenvalue weighted by Crippen LogP contribution is 2.20. The van der Waals surface area contributed by atoms with Gasteiger partial charge in [-0.3, -0.25) is 0 Å². The first-order valence-corrected chi connectivity index (χ1v) is 8.78. The number of benzene rings is 1. The molecule has 1 fully saturated rings. The predicted octanol–water partition coefficient (Wildman–Crippen LogP) is 4.18. The third kappa shape index (κ3) is 5.20. The monoisotopic (exact) mass is 334 g/mol. The molecule has 0 heterocycles. The van der Waals surface area contributed by atoms with Gasteiger partial charge in [-0.15, -0.1) is 0 Å². The Morgan fingerprint density at radius 2 is 1.83 bits per heavy atom. The molecule has 1 aromatic carbocycles. The number of anilines is 1. The average molecular weight is 334 g/mol. The van der Waals surface area contributed by atoms with Crippen LogP contribution in [-0.2, 0) is 4.74 Å². The molecule has 0 saturated heterocycles. The van der Waals surface area contributed by atoms with Gasteiger partial charge in [0, 0.05) is 11.7 Å². The first-order valence-electron chi connectivity index (χ1n) is 8.37. The molecule has 2 rings (SSSR count). The Bertz CT molecular complexity index is 552. The Kier molecular flexibility index (Phi) is 6.84. The Morgan fingerprint density at radius 1 is 1.17 bits per heavy atom. The molecule has 1 aromatic rings. The van der Waals surface area contributed by atoms with E-state index in [-0.39, 0.29) is 5.97 Å². The Morgan fingerprint density at radius 3 is 2.48 bits per heavy atom. The third-order valence-electron chi connectivity index (χ3n) is 4.43. The highest BCUT2D eigenvalue weighted by Gasteiger charge is 2.15. The highest BCUT2D eigenvalue weighted by atomic mass is 32.1. The average Bonchev–Trinajstić information content (AvgIpc) is 2.51. The van der Waals surface area contributed by atoms with Crippen molar-refractivity contribution in [3.8, 4) is 0 Å². The predicted molar refractivity (Wildman–Crippen MR) is 98.0 cm³/mol. The fourth-order valence-electron chi connectivity index (χ4n) is 3.05. The SMILES string of the molecule is COC(=O)c1cccc(NC(=S)NC2CCCCCCC2)c1C. The number of carbonyl (C=O) groups excluding carboxylic acids is 1. The lowest BCUT2D eigenvalue weighted by atomic mass is 9.97. The van der Waals surface area contributed by atoms with Crippen LogP contribution in [0.5, 0.6) is 0 Å². The van der Waals surface area contributed by atoms with Gasteiger partial charge >= 0.3 is 5.97 Å². The number of carbonyl (C=O) groups is 1. The van der Waals surface area contributed by atoms with E-state index < -0.39 is 0 Å². The molecule has 0 radical (unpaired) electrons. The normalized spacial score (nSPS) is 16.1. The minimum Gasteiger partial charge on any atom is -0.465 e. The topological polar surface area (TPSA) is 50.4 Å². The van der Waals surface area contributed by atoms with E-state index in [0.29, 0.717) is 16.7 Å². The summed E-state index contributed by atoms with van der Waals surface area (Å²) < 4.78 is 4.81. The van der Waals surface area contributed by atoms with E-state index in [0.717, 1.165) is 11.3 Å². The van der Waals surface area contributed by atoms with Gasteiger partial charge < -0.3 is 15.4 Å². The molecule has 0 aromatic heterocycles. The molecule has 1 aliphatic rings. The Balaban J connectivity index is 1.98. The van der Waals surface area contributed by atoms with Crippen molar-refractivity contribution in [3.05, 3.63) is 29.3 Å². The minimum atomic E-state index is -0.329. The number of ether oxygens (including phenoxy) is 1. The summed E-state index contributed by atoms with van der Waals surface area (Å²) in [5.41, 5.74) is 2.25. The zero-order valence-corrected chi connectivity index (χ0v) is 14.8. The smallest absolute Gasteiger partial charge is 0.338 e. The van der Waals surface area contributed by atoms with Gasteiger partial charge in [-0.25, -0.2) is 4.79 Å². The van der Waals surface area contributed by atoms with Crippen LogP contribution in [0.1, 0.15) is 60.9 Å². The zero-order chi connectivity index (χ0) is 16.7. The molecular formula is C18H26N2O2S. The summed E-state index contributed by atoms with van der Waals surface area (Å²) in [4.78, 5) is 11.8. The second-order valence-corrected chi connectivity index (χ2v) is 6.52. The molecule has 1 saturated carbocycles. The number of nitrogens with one attached hydrogen (secondary N) is 2. The van der Waals surface area contributed by atoms with Gasteiger partial charge in [0.15, 0.2) is 5.11 Å². The summed E-state index contributed by atoms with van der Waals surface area (Å²) in [7, 11) is 1.39. The molecule has 0 aliphatic heterocycles. The fourth-order valence-corrected chi connectivity index (χ4v) is 3.32. The molecule has 0 unspecified atom stereocenters. The van der Waals surface area contributed by atoms with E-state index in [1.54, 1.807) is 6.07 Å². The van der Waals surface area contributed by atoms with E-state index in [9.17, 15) is 4.79 Å². The molecular weight excluding hydrogens is 308 g/mol. The maximum atomic E-state index is 11.8. The van der Waals surface area contributed by atoms with Crippen molar-refractivity contribution >= 4 is 29.0 Å². The number of thiocarbonyl (C=S) groups is 1. The van der Waals surface area contributed by atoms with Crippen LogP contribution >= 0.6 is 12.2 Å². The van der Waals surface area contributed by atoms with Gasteiger partial charge in [0.2, 0.25) is 0 Å². The molecule has 0 amide bonds. The first-order chi connectivity index (χ1) is 11.1. The van der Waals surface area contributed by atoms with Gasteiger partial charge in [0.25, 0.3) is 0 Å². The van der Waals surface area contributed by atoms with Crippen molar-refractivity contribution in [3.63, 3.8) is 0 Å². The van der Waals surface area contributed by atoms with Gasteiger partial charge in [-0.05, 0) is 49.7 Å². The molecule has 1 aliphatic carbocycles. The molecule has 0 spiro atoms. The molecule has 5 heteroatoms. The van der Waals surface area contributed by atoms with E-state index in [4.69, 9.17) is 17.0 Å². The number of hydrogen-bond donors (Lipinski definition) is 2. The summed E-state index contributed by atoms with van der Waals surface area (Å²) in [6.45, 7) is 1.90. The van der Waals surface area contributed by atoms with Crippen LogP contribution in [-0.4, -0.2) is 24.2 Å².